The van der Waals surface area contributed by atoms with Gasteiger partial charge < -0.3 is 9.30 Å². The first-order valence-electron chi connectivity index (χ1n) is 7.84. The number of hydrogen-bond acceptors (Lipinski definition) is 4. The van der Waals surface area contributed by atoms with Gasteiger partial charge in [0.05, 0.1) is 5.02 Å². The van der Waals surface area contributed by atoms with Gasteiger partial charge in [-0.15, -0.1) is 10.2 Å². The van der Waals surface area contributed by atoms with Crippen molar-refractivity contribution < 1.29 is 9.13 Å². The number of thioether (sulfide) groups is 1. The van der Waals surface area contributed by atoms with E-state index in [0.29, 0.717) is 16.5 Å². The van der Waals surface area contributed by atoms with Gasteiger partial charge >= 0.3 is 0 Å². The van der Waals surface area contributed by atoms with E-state index in [2.05, 4.69) is 10.2 Å². The van der Waals surface area contributed by atoms with Crippen LogP contribution in [0.25, 0.3) is 0 Å². The molecule has 0 unspecified atom stereocenters. The van der Waals surface area contributed by atoms with Crippen molar-refractivity contribution in [2.24, 2.45) is 0 Å². The largest absolute Gasteiger partial charge is 0.484 e. The van der Waals surface area contributed by atoms with E-state index in [1.54, 1.807) is 12.1 Å². The summed E-state index contributed by atoms with van der Waals surface area (Å²) in [6, 6.07) is 13.9. The number of ether oxygens (including phenoxy) is 1. The average molecular weight is 378 g/mol. The first kappa shape index (κ1) is 17.8. The van der Waals surface area contributed by atoms with Gasteiger partial charge in [0, 0.05) is 12.3 Å². The smallest absolute Gasteiger partial charge is 0.191 e. The third-order valence-corrected chi connectivity index (χ3v) is 4.91. The average Bonchev–Trinajstić information content (AvgIpc) is 3.01. The van der Waals surface area contributed by atoms with Crippen LogP contribution in [0.3, 0.4) is 0 Å². The van der Waals surface area contributed by atoms with Crippen LogP contribution in [0.2, 0.25) is 5.02 Å². The Hall–Kier alpha value is -2.05. The lowest BCUT2D eigenvalue weighted by Crippen LogP contribution is -2.07. The molecule has 0 amide bonds. The normalized spacial score (nSPS) is 10.8. The molecule has 0 aliphatic heterocycles. The van der Waals surface area contributed by atoms with Gasteiger partial charge in [0.1, 0.15) is 18.2 Å². The molecule has 0 radical (unpaired) electrons. The number of para-hydroxylation sites is 1. The summed E-state index contributed by atoms with van der Waals surface area (Å²) in [6.45, 7) is 3.03. The van der Waals surface area contributed by atoms with E-state index >= 15 is 0 Å². The van der Waals surface area contributed by atoms with E-state index in [1.807, 2.05) is 35.8 Å². The minimum atomic E-state index is -0.233. The molecule has 1 aromatic heterocycles. The Kier molecular flexibility index (Phi) is 5.94. The number of benzene rings is 2. The lowest BCUT2D eigenvalue weighted by Gasteiger charge is -2.09. The van der Waals surface area contributed by atoms with Crippen LogP contribution >= 0.6 is 23.4 Å². The minimum Gasteiger partial charge on any atom is -0.484 e. The number of hydrogen-bond donors (Lipinski definition) is 0. The summed E-state index contributed by atoms with van der Waals surface area (Å²) in [5.41, 5.74) is 0.907. The van der Waals surface area contributed by atoms with Crippen LogP contribution < -0.4 is 4.74 Å². The predicted octanol–water partition coefficient (Wildman–Crippen LogP) is 4.96. The van der Waals surface area contributed by atoms with E-state index < -0.39 is 0 Å². The van der Waals surface area contributed by atoms with Crippen molar-refractivity contribution in [2.75, 3.05) is 0 Å². The molecular formula is C18H17ClFN3OS. The molecule has 1 heterocycles. The van der Waals surface area contributed by atoms with Gasteiger partial charge in [0.2, 0.25) is 0 Å². The Morgan fingerprint density at radius 2 is 2.00 bits per heavy atom. The molecule has 2 aromatic carbocycles. The van der Waals surface area contributed by atoms with Crippen LogP contribution in [0.15, 0.2) is 53.7 Å². The standard InChI is InChI=1S/C18H17ClFN3OS/c1-2-23-17(11-24-16-9-4-3-8-15(16)19)21-22-18(23)25-12-13-6-5-7-14(20)10-13/h3-10H,2,11-12H2,1H3. The Labute approximate surface area is 155 Å². The quantitative estimate of drug-likeness (QED) is 0.545. The van der Waals surface area contributed by atoms with Crippen LogP contribution in [-0.2, 0) is 18.9 Å². The summed E-state index contributed by atoms with van der Waals surface area (Å²) in [5, 5.41) is 9.78. The zero-order valence-electron chi connectivity index (χ0n) is 13.7. The van der Waals surface area contributed by atoms with Crippen LogP contribution in [0.5, 0.6) is 5.75 Å². The van der Waals surface area contributed by atoms with Crippen molar-refractivity contribution >= 4 is 23.4 Å². The fraction of sp³-hybridized carbons (Fsp3) is 0.222. The van der Waals surface area contributed by atoms with Gasteiger partial charge in [-0.1, -0.05) is 47.6 Å². The summed E-state index contributed by atoms with van der Waals surface area (Å²) >= 11 is 7.62. The van der Waals surface area contributed by atoms with E-state index in [4.69, 9.17) is 16.3 Å². The second-order valence-electron chi connectivity index (χ2n) is 5.28. The number of aromatic nitrogens is 3. The molecule has 0 atom stereocenters. The van der Waals surface area contributed by atoms with Crippen molar-refractivity contribution in [3.05, 3.63) is 70.8 Å². The van der Waals surface area contributed by atoms with Crippen molar-refractivity contribution in [3.8, 4) is 5.75 Å². The highest BCUT2D eigenvalue weighted by atomic mass is 35.5. The Balaban J connectivity index is 1.67. The molecule has 4 nitrogen and oxygen atoms in total. The Bertz CT molecular complexity index is 856. The second kappa shape index (κ2) is 8.36. The van der Waals surface area contributed by atoms with E-state index in [9.17, 15) is 4.39 Å². The summed E-state index contributed by atoms with van der Waals surface area (Å²) in [4.78, 5) is 0. The molecule has 0 bridgehead atoms. The summed E-state index contributed by atoms with van der Waals surface area (Å²) in [7, 11) is 0. The van der Waals surface area contributed by atoms with E-state index in [-0.39, 0.29) is 12.4 Å². The van der Waals surface area contributed by atoms with Crippen LogP contribution in [0.1, 0.15) is 18.3 Å². The van der Waals surface area contributed by atoms with Gasteiger partial charge in [-0.2, -0.15) is 0 Å². The SMILES string of the molecule is CCn1c(COc2ccccc2Cl)nnc1SCc1cccc(F)c1. The maximum atomic E-state index is 13.3. The minimum absolute atomic E-state index is 0.233. The van der Waals surface area contributed by atoms with Crippen molar-refractivity contribution in [3.63, 3.8) is 0 Å². The summed E-state index contributed by atoms with van der Waals surface area (Å²) in [5.74, 6) is 1.73. The highest BCUT2D eigenvalue weighted by Crippen LogP contribution is 2.25. The molecule has 25 heavy (non-hydrogen) atoms. The Morgan fingerprint density at radius 1 is 1.16 bits per heavy atom. The highest BCUT2D eigenvalue weighted by molar-refractivity contribution is 7.98. The molecule has 0 spiro atoms. The number of rotatable bonds is 7. The predicted molar refractivity (Wildman–Crippen MR) is 97.4 cm³/mol. The molecule has 7 heteroatoms. The van der Waals surface area contributed by atoms with Crippen LogP contribution in [-0.4, -0.2) is 14.8 Å². The first-order valence-corrected chi connectivity index (χ1v) is 9.20. The molecule has 0 saturated carbocycles. The Morgan fingerprint density at radius 3 is 2.76 bits per heavy atom. The van der Waals surface area contributed by atoms with Gasteiger partial charge in [0.15, 0.2) is 11.0 Å². The maximum Gasteiger partial charge on any atom is 0.191 e. The van der Waals surface area contributed by atoms with E-state index in [1.165, 1.54) is 23.9 Å². The fourth-order valence-electron chi connectivity index (χ4n) is 2.33. The topological polar surface area (TPSA) is 39.9 Å². The van der Waals surface area contributed by atoms with Crippen molar-refractivity contribution in [1.82, 2.24) is 14.8 Å². The number of nitrogens with zero attached hydrogens (tertiary/aromatic N) is 3. The highest BCUT2D eigenvalue weighted by Gasteiger charge is 2.13. The molecular weight excluding hydrogens is 361 g/mol. The maximum absolute atomic E-state index is 13.3. The molecule has 0 saturated heterocycles. The van der Waals surface area contributed by atoms with E-state index in [0.717, 1.165) is 23.1 Å². The third kappa shape index (κ3) is 4.52. The fourth-order valence-corrected chi connectivity index (χ4v) is 3.48. The summed E-state index contributed by atoms with van der Waals surface area (Å²) in [6.07, 6.45) is 0. The monoisotopic (exact) mass is 377 g/mol. The molecule has 3 aromatic rings. The molecule has 3 rings (SSSR count). The number of halogens is 2. The third-order valence-electron chi connectivity index (χ3n) is 3.56. The lowest BCUT2D eigenvalue weighted by atomic mass is 10.2. The molecule has 0 fully saturated rings. The van der Waals surface area contributed by atoms with Gasteiger partial charge in [0.25, 0.3) is 0 Å². The van der Waals surface area contributed by atoms with Crippen LogP contribution in [0, 0.1) is 5.82 Å². The van der Waals surface area contributed by atoms with Crippen LogP contribution in [0.4, 0.5) is 4.39 Å². The van der Waals surface area contributed by atoms with Gasteiger partial charge in [-0.3, -0.25) is 0 Å². The first-order chi connectivity index (χ1) is 12.2. The molecule has 0 aliphatic carbocycles. The van der Waals surface area contributed by atoms with Gasteiger partial charge in [-0.05, 0) is 36.8 Å². The van der Waals surface area contributed by atoms with Crippen molar-refractivity contribution in [2.45, 2.75) is 31.0 Å². The van der Waals surface area contributed by atoms with Crippen molar-refractivity contribution in [1.29, 1.82) is 0 Å². The second-order valence-corrected chi connectivity index (χ2v) is 6.63. The molecule has 0 aliphatic rings. The molecule has 130 valence electrons. The van der Waals surface area contributed by atoms with Gasteiger partial charge in [-0.25, -0.2) is 4.39 Å². The summed E-state index contributed by atoms with van der Waals surface area (Å²) < 4.78 is 21.0. The lowest BCUT2D eigenvalue weighted by molar-refractivity contribution is 0.288. The zero-order valence-corrected chi connectivity index (χ0v) is 15.2. The molecule has 0 N–H and O–H groups in total. The zero-order chi connectivity index (χ0) is 17.6.